The maximum atomic E-state index is 12.8. The Hall–Kier alpha value is -2.11. The zero-order chi connectivity index (χ0) is 45.1. The van der Waals surface area contributed by atoms with E-state index >= 15 is 0 Å². The first-order valence-electron chi connectivity index (χ1n) is 27.3. The minimum absolute atomic E-state index is 0.0672. The lowest BCUT2D eigenvalue weighted by atomic mass is 10.0. The van der Waals surface area contributed by atoms with E-state index in [-0.39, 0.29) is 31.1 Å². The SMILES string of the molecule is CCCCC/C=C\C/C=C\CCCCCCCCCCCC(=O)OC[C@@H](COC(=O)CCCCCCCCCCCCCC)OC(=O)CCCCCCCCCCCCCCC. The fraction of sp³-hybridized carbons (Fsp3) is 0.875. The van der Waals surface area contributed by atoms with E-state index in [0.29, 0.717) is 19.3 Å². The summed E-state index contributed by atoms with van der Waals surface area (Å²) in [6, 6.07) is 0. The van der Waals surface area contributed by atoms with Crippen molar-refractivity contribution in [1.29, 1.82) is 0 Å². The fourth-order valence-corrected chi connectivity index (χ4v) is 8.06. The van der Waals surface area contributed by atoms with E-state index < -0.39 is 6.10 Å². The van der Waals surface area contributed by atoms with Gasteiger partial charge in [-0.1, -0.05) is 251 Å². The van der Waals surface area contributed by atoms with Crippen LogP contribution in [-0.2, 0) is 28.6 Å². The molecule has 0 saturated carbocycles. The van der Waals surface area contributed by atoms with E-state index in [1.54, 1.807) is 0 Å². The predicted octanol–water partition coefficient (Wildman–Crippen LogP) is 17.9. The molecule has 0 aliphatic rings. The molecule has 0 radical (unpaired) electrons. The molecule has 0 aliphatic heterocycles. The van der Waals surface area contributed by atoms with Crippen molar-refractivity contribution in [3.63, 3.8) is 0 Å². The summed E-state index contributed by atoms with van der Waals surface area (Å²) in [5.41, 5.74) is 0. The third kappa shape index (κ3) is 48.9. The van der Waals surface area contributed by atoms with Crippen molar-refractivity contribution < 1.29 is 28.6 Å². The van der Waals surface area contributed by atoms with Gasteiger partial charge >= 0.3 is 17.9 Å². The topological polar surface area (TPSA) is 78.9 Å². The van der Waals surface area contributed by atoms with Crippen molar-refractivity contribution in [3.8, 4) is 0 Å². The molecule has 0 saturated heterocycles. The number of carbonyl (C=O) groups is 3. The Morgan fingerprint density at radius 1 is 0.323 bits per heavy atom. The Morgan fingerprint density at radius 3 is 0.919 bits per heavy atom. The number of carbonyl (C=O) groups excluding carboxylic acids is 3. The fourth-order valence-electron chi connectivity index (χ4n) is 8.06. The summed E-state index contributed by atoms with van der Waals surface area (Å²) >= 11 is 0. The number of unbranched alkanes of at least 4 members (excludes halogenated alkanes) is 35. The highest BCUT2D eigenvalue weighted by atomic mass is 16.6. The molecule has 364 valence electrons. The molecule has 0 aromatic heterocycles. The van der Waals surface area contributed by atoms with E-state index in [9.17, 15) is 14.4 Å². The van der Waals surface area contributed by atoms with E-state index in [4.69, 9.17) is 14.2 Å². The molecule has 0 rings (SSSR count). The molecule has 6 heteroatoms. The zero-order valence-corrected chi connectivity index (χ0v) is 41.7. The molecule has 0 aromatic rings. The van der Waals surface area contributed by atoms with Gasteiger partial charge < -0.3 is 14.2 Å². The van der Waals surface area contributed by atoms with Gasteiger partial charge in [0, 0.05) is 19.3 Å². The molecule has 0 amide bonds. The van der Waals surface area contributed by atoms with E-state index in [0.717, 1.165) is 64.2 Å². The number of rotatable bonds is 50. The van der Waals surface area contributed by atoms with Crippen LogP contribution in [0.4, 0.5) is 0 Å². The minimum Gasteiger partial charge on any atom is -0.462 e. The van der Waals surface area contributed by atoms with Crippen LogP contribution in [-0.4, -0.2) is 37.2 Å². The zero-order valence-electron chi connectivity index (χ0n) is 41.7. The van der Waals surface area contributed by atoms with Gasteiger partial charge in [-0.15, -0.1) is 0 Å². The summed E-state index contributed by atoms with van der Waals surface area (Å²) < 4.78 is 16.8. The van der Waals surface area contributed by atoms with Crippen LogP contribution >= 0.6 is 0 Å². The highest BCUT2D eigenvalue weighted by Crippen LogP contribution is 2.16. The Balaban J connectivity index is 4.29. The highest BCUT2D eigenvalue weighted by molar-refractivity contribution is 5.71. The molecule has 62 heavy (non-hydrogen) atoms. The van der Waals surface area contributed by atoms with Gasteiger partial charge in [0.2, 0.25) is 0 Å². The number of esters is 3. The van der Waals surface area contributed by atoms with Crippen molar-refractivity contribution in [2.75, 3.05) is 13.2 Å². The lowest BCUT2D eigenvalue weighted by Gasteiger charge is -2.18. The summed E-state index contributed by atoms with van der Waals surface area (Å²) in [5.74, 6) is -0.855. The van der Waals surface area contributed by atoms with Crippen LogP contribution in [0.25, 0.3) is 0 Å². The molecular formula is C56H104O6. The second-order valence-electron chi connectivity index (χ2n) is 18.5. The molecule has 0 bridgehead atoms. The van der Waals surface area contributed by atoms with Crippen molar-refractivity contribution in [2.24, 2.45) is 0 Å². The first-order valence-corrected chi connectivity index (χ1v) is 27.3. The smallest absolute Gasteiger partial charge is 0.306 e. The maximum Gasteiger partial charge on any atom is 0.306 e. The maximum absolute atomic E-state index is 12.8. The first-order chi connectivity index (χ1) is 30.5. The Bertz CT molecular complexity index is 1000. The van der Waals surface area contributed by atoms with Gasteiger partial charge in [-0.05, 0) is 51.4 Å². The number of hydrogen-bond donors (Lipinski definition) is 0. The van der Waals surface area contributed by atoms with Crippen LogP contribution in [0.3, 0.4) is 0 Å². The average molecular weight is 873 g/mol. The molecule has 0 fully saturated rings. The highest BCUT2D eigenvalue weighted by Gasteiger charge is 2.19. The van der Waals surface area contributed by atoms with Crippen LogP contribution in [0.1, 0.15) is 297 Å². The molecule has 0 unspecified atom stereocenters. The second kappa shape index (κ2) is 51.5. The summed E-state index contributed by atoms with van der Waals surface area (Å²) in [6.07, 6.45) is 58.7. The normalized spacial score (nSPS) is 12.1. The monoisotopic (exact) mass is 873 g/mol. The molecule has 0 aliphatic carbocycles. The Kier molecular flexibility index (Phi) is 49.8. The number of ether oxygens (including phenoxy) is 3. The van der Waals surface area contributed by atoms with Gasteiger partial charge in [0.15, 0.2) is 6.10 Å². The molecule has 1 atom stereocenters. The van der Waals surface area contributed by atoms with Crippen molar-refractivity contribution in [1.82, 2.24) is 0 Å². The molecule has 0 heterocycles. The summed E-state index contributed by atoms with van der Waals surface area (Å²) in [7, 11) is 0. The van der Waals surface area contributed by atoms with Crippen LogP contribution in [0, 0.1) is 0 Å². The molecule has 0 aromatic carbocycles. The quantitative estimate of drug-likeness (QED) is 0.0262. The van der Waals surface area contributed by atoms with Gasteiger partial charge in [0.25, 0.3) is 0 Å². The van der Waals surface area contributed by atoms with Crippen molar-refractivity contribution in [2.45, 2.75) is 303 Å². The van der Waals surface area contributed by atoms with Gasteiger partial charge in [0.05, 0.1) is 0 Å². The lowest BCUT2D eigenvalue weighted by Crippen LogP contribution is -2.30. The minimum atomic E-state index is -0.766. The van der Waals surface area contributed by atoms with Crippen molar-refractivity contribution >= 4 is 17.9 Å². The summed E-state index contributed by atoms with van der Waals surface area (Å²) in [5, 5.41) is 0. The van der Waals surface area contributed by atoms with Gasteiger partial charge in [-0.25, -0.2) is 0 Å². The standard InChI is InChI=1S/C56H104O6/c1-4-7-10-13-16-19-22-25-26-27-28-29-30-32-34-37-40-43-46-49-55(58)61-52-53(51-60-54(57)48-45-42-39-36-33-24-21-18-15-12-9-6-3)62-56(59)50-47-44-41-38-35-31-23-20-17-14-11-8-5-2/h16,19,25-26,53H,4-15,17-18,20-24,27-52H2,1-3H3/b19-16-,26-25-/t53-/m1/s1. The van der Waals surface area contributed by atoms with Crippen LogP contribution in [0.5, 0.6) is 0 Å². The summed E-state index contributed by atoms with van der Waals surface area (Å²) in [6.45, 7) is 6.64. The lowest BCUT2D eigenvalue weighted by molar-refractivity contribution is -0.167. The van der Waals surface area contributed by atoms with Crippen LogP contribution < -0.4 is 0 Å². The van der Waals surface area contributed by atoms with Crippen molar-refractivity contribution in [3.05, 3.63) is 24.3 Å². The molecular weight excluding hydrogens is 769 g/mol. The van der Waals surface area contributed by atoms with Gasteiger partial charge in [-0.2, -0.15) is 0 Å². The molecule has 0 spiro atoms. The summed E-state index contributed by atoms with van der Waals surface area (Å²) in [4.78, 5) is 38.0. The molecule has 6 nitrogen and oxygen atoms in total. The van der Waals surface area contributed by atoms with Gasteiger partial charge in [0.1, 0.15) is 13.2 Å². The van der Waals surface area contributed by atoms with E-state index in [1.165, 1.54) is 193 Å². The third-order valence-electron chi connectivity index (χ3n) is 12.2. The van der Waals surface area contributed by atoms with Crippen LogP contribution in [0.15, 0.2) is 24.3 Å². The van der Waals surface area contributed by atoms with E-state index in [2.05, 4.69) is 45.1 Å². The first kappa shape index (κ1) is 59.9. The predicted molar refractivity (Wildman–Crippen MR) is 266 cm³/mol. The van der Waals surface area contributed by atoms with Crippen LogP contribution in [0.2, 0.25) is 0 Å². The third-order valence-corrected chi connectivity index (χ3v) is 12.2. The number of hydrogen-bond acceptors (Lipinski definition) is 6. The Labute approximate surface area is 385 Å². The molecule has 0 N–H and O–H groups in total. The largest absolute Gasteiger partial charge is 0.462 e. The van der Waals surface area contributed by atoms with E-state index in [1.807, 2.05) is 0 Å². The average Bonchev–Trinajstić information content (AvgIpc) is 3.27. The van der Waals surface area contributed by atoms with Gasteiger partial charge in [-0.3, -0.25) is 14.4 Å². The number of allylic oxidation sites excluding steroid dienone is 4. The second-order valence-corrected chi connectivity index (χ2v) is 18.5. The Morgan fingerprint density at radius 2 is 0.581 bits per heavy atom.